The number of carboxylic acids is 1. The molecule has 1 aliphatic heterocycles. The number of nitrogens with one attached hydrogen (secondary N) is 1. The highest BCUT2D eigenvalue weighted by molar-refractivity contribution is 6.33. The quantitative estimate of drug-likeness (QED) is 0.894. The monoisotopic (exact) mass is 283 g/mol. The number of rotatable bonds is 3. The third-order valence-electron chi connectivity index (χ3n) is 2.99. The Labute approximate surface area is 115 Å². The second-order valence-electron chi connectivity index (χ2n) is 4.50. The molecule has 0 aromatic heterocycles. The van der Waals surface area contributed by atoms with Crippen molar-refractivity contribution in [2.75, 3.05) is 5.32 Å². The lowest BCUT2D eigenvalue weighted by atomic mass is 10.2. The average molecular weight is 284 g/mol. The lowest BCUT2D eigenvalue weighted by Gasteiger charge is -2.12. The van der Waals surface area contributed by atoms with Gasteiger partial charge in [-0.2, -0.15) is 0 Å². The molecule has 0 saturated carbocycles. The highest BCUT2D eigenvalue weighted by Gasteiger charge is 2.28. The van der Waals surface area contributed by atoms with Gasteiger partial charge in [0, 0.05) is 5.69 Å². The van der Waals surface area contributed by atoms with Crippen LogP contribution in [0.3, 0.4) is 0 Å². The Kier molecular flexibility index (Phi) is 4.07. The van der Waals surface area contributed by atoms with E-state index in [1.54, 1.807) is 0 Å². The highest BCUT2D eigenvalue weighted by Crippen LogP contribution is 2.23. The van der Waals surface area contributed by atoms with Gasteiger partial charge >= 0.3 is 5.97 Å². The third kappa shape index (κ3) is 3.24. The Bertz CT molecular complexity index is 517. The van der Waals surface area contributed by atoms with Crippen LogP contribution in [0.25, 0.3) is 0 Å². The fourth-order valence-electron chi connectivity index (χ4n) is 1.98. The third-order valence-corrected chi connectivity index (χ3v) is 3.30. The summed E-state index contributed by atoms with van der Waals surface area (Å²) >= 11 is 5.83. The van der Waals surface area contributed by atoms with Crippen molar-refractivity contribution < 1.29 is 19.4 Å². The first kappa shape index (κ1) is 13.8. The second kappa shape index (κ2) is 5.59. The Morgan fingerprint density at radius 1 is 1.42 bits per heavy atom. The van der Waals surface area contributed by atoms with Crippen molar-refractivity contribution in [2.24, 2.45) is 0 Å². The largest absolute Gasteiger partial charge is 0.478 e. The number of amides is 1. The normalized spacial score (nSPS) is 22.2. The van der Waals surface area contributed by atoms with Crippen LogP contribution in [0, 0.1) is 0 Å². The molecule has 0 aliphatic carbocycles. The van der Waals surface area contributed by atoms with Crippen LogP contribution in [-0.2, 0) is 9.53 Å². The van der Waals surface area contributed by atoms with Crippen LogP contribution in [0.15, 0.2) is 18.2 Å². The minimum absolute atomic E-state index is 0.00500. The molecule has 2 rings (SSSR count). The van der Waals surface area contributed by atoms with E-state index in [2.05, 4.69) is 5.32 Å². The number of ether oxygens (including phenoxy) is 1. The van der Waals surface area contributed by atoms with Crippen molar-refractivity contribution in [3.8, 4) is 0 Å². The van der Waals surface area contributed by atoms with Gasteiger partial charge in [-0.3, -0.25) is 4.79 Å². The zero-order valence-electron chi connectivity index (χ0n) is 10.4. The van der Waals surface area contributed by atoms with E-state index in [0.29, 0.717) is 12.1 Å². The van der Waals surface area contributed by atoms with Crippen LogP contribution in [0.2, 0.25) is 5.02 Å². The predicted octanol–water partition coefficient (Wildman–Crippen LogP) is 2.54. The Morgan fingerprint density at radius 2 is 2.16 bits per heavy atom. The van der Waals surface area contributed by atoms with Gasteiger partial charge in [0.05, 0.1) is 16.7 Å². The van der Waals surface area contributed by atoms with E-state index in [1.807, 2.05) is 6.92 Å². The van der Waals surface area contributed by atoms with Crippen LogP contribution in [0.1, 0.15) is 30.1 Å². The average Bonchev–Trinajstić information content (AvgIpc) is 2.75. The molecule has 0 spiro atoms. The first-order chi connectivity index (χ1) is 8.97. The summed E-state index contributed by atoms with van der Waals surface area (Å²) in [4.78, 5) is 22.7. The van der Waals surface area contributed by atoms with Crippen LogP contribution < -0.4 is 5.32 Å². The summed E-state index contributed by atoms with van der Waals surface area (Å²) in [5.41, 5.74) is 0.466. The summed E-state index contributed by atoms with van der Waals surface area (Å²) in [5, 5.41) is 11.6. The number of anilines is 1. The number of hydrogen-bond donors (Lipinski definition) is 2. The van der Waals surface area contributed by atoms with Gasteiger partial charge in [-0.15, -0.1) is 0 Å². The van der Waals surface area contributed by atoms with Gasteiger partial charge in [-0.05, 0) is 38.0 Å². The van der Waals surface area contributed by atoms with Crippen molar-refractivity contribution in [2.45, 2.75) is 32.0 Å². The number of hydrogen-bond acceptors (Lipinski definition) is 3. The molecule has 6 heteroatoms. The Morgan fingerprint density at radius 3 is 2.68 bits per heavy atom. The number of carbonyl (C=O) groups is 2. The molecule has 1 amide bonds. The van der Waals surface area contributed by atoms with Gasteiger partial charge in [-0.1, -0.05) is 11.6 Å². The Hall–Kier alpha value is -1.59. The minimum atomic E-state index is -1.10. The number of aromatic carboxylic acids is 1. The number of benzene rings is 1. The molecule has 1 aromatic carbocycles. The van der Waals surface area contributed by atoms with Crippen LogP contribution in [0.5, 0.6) is 0 Å². The lowest BCUT2D eigenvalue weighted by Crippen LogP contribution is -2.27. The van der Waals surface area contributed by atoms with E-state index in [0.717, 1.165) is 6.42 Å². The molecule has 0 bridgehead atoms. The SMILES string of the molecule is CC1CCC(C(=O)Nc2ccc(C(=O)O)c(Cl)c2)O1. The number of carboxylic acid groups (broad SMARTS) is 1. The van der Waals surface area contributed by atoms with Gasteiger partial charge in [0.25, 0.3) is 5.91 Å². The smallest absolute Gasteiger partial charge is 0.337 e. The molecule has 2 atom stereocenters. The van der Waals surface area contributed by atoms with Crippen molar-refractivity contribution in [3.05, 3.63) is 28.8 Å². The molecular weight excluding hydrogens is 270 g/mol. The minimum Gasteiger partial charge on any atom is -0.478 e. The summed E-state index contributed by atoms with van der Waals surface area (Å²) in [6, 6.07) is 4.28. The fraction of sp³-hybridized carbons (Fsp3) is 0.385. The molecule has 1 aromatic rings. The zero-order valence-corrected chi connectivity index (χ0v) is 11.1. The standard InChI is InChI=1S/C13H14ClNO4/c1-7-2-5-11(19-7)12(16)15-8-3-4-9(13(17)18)10(14)6-8/h3-4,6-7,11H,2,5H2,1H3,(H,15,16)(H,17,18). The lowest BCUT2D eigenvalue weighted by molar-refractivity contribution is -0.126. The van der Waals surface area contributed by atoms with Gasteiger partial charge in [0.1, 0.15) is 6.10 Å². The first-order valence-corrected chi connectivity index (χ1v) is 6.34. The summed E-state index contributed by atoms with van der Waals surface area (Å²) in [6.45, 7) is 1.92. The van der Waals surface area contributed by atoms with Gasteiger partial charge in [-0.25, -0.2) is 4.79 Å². The predicted molar refractivity (Wildman–Crippen MR) is 70.6 cm³/mol. The molecule has 5 nitrogen and oxygen atoms in total. The van der Waals surface area contributed by atoms with E-state index < -0.39 is 12.1 Å². The molecule has 0 radical (unpaired) electrons. The van der Waals surface area contributed by atoms with Crippen LogP contribution >= 0.6 is 11.6 Å². The summed E-state index contributed by atoms with van der Waals surface area (Å²) < 4.78 is 5.45. The van der Waals surface area contributed by atoms with Gasteiger partial charge in [0.2, 0.25) is 0 Å². The molecule has 1 fully saturated rings. The molecule has 1 saturated heterocycles. The van der Waals surface area contributed by atoms with Gasteiger partial charge < -0.3 is 15.2 Å². The van der Waals surface area contributed by atoms with Gasteiger partial charge in [0.15, 0.2) is 0 Å². The van der Waals surface area contributed by atoms with E-state index in [4.69, 9.17) is 21.4 Å². The van der Waals surface area contributed by atoms with Crippen molar-refractivity contribution in [1.82, 2.24) is 0 Å². The summed E-state index contributed by atoms with van der Waals surface area (Å²) in [5.74, 6) is -1.33. The molecule has 1 aliphatic rings. The second-order valence-corrected chi connectivity index (χ2v) is 4.91. The van der Waals surface area contributed by atoms with E-state index in [1.165, 1.54) is 18.2 Å². The molecule has 102 valence electrons. The maximum atomic E-state index is 11.9. The summed E-state index contributed by atoms with van der Waals surface area (Å²) in [7, 11) is 0. The van der Waals surface area contributed by atoms with Crippen LogP contribution in [-0.4, -0.2) is 29.2 Å². The molecule has 2 unspecified atom stereocenters. The molecular formula is C13H14ClNO4. The van der Waals surface area contributed by atoms with E-state index in [9.17, 15) is 9.59 Å². The fourth-order valence-corrected chi connectivity index (χ4v) is 2.25. The molecule has 2 N–H and O–H groups in total. The number of carbonyl (C=O) groups excluding carboxylic acids is 1. The van der Waals surface area contributed by atoms with Crippen LogP contribution in [0.4, 0.5) is 5.69 Å². The number of halogens is 1. The van der Waals surface area contributed by atoms with Crippen molar-refractivity contribution >= 4 is 29.2 Å². The molecule has 1 heterocycles. The van der Waals surface area contributed by atoms with E-state index >= 15 is 0 Å². The van der Waals surface area contributed by atoms with E-state index in [-0.39, 0.29) is 22.6 Å². The van der Waals surface area contributed by atoms with Crippen molar-refractivity contribution in [3.63, 3.8) is 0 Å². The molecule has 19 heavy (non-hydrogen) atoms. The Balaban J connectivity index is 2.05. The maximum Gasteiger partial charge on any atom is 0.337 e. The first-order valence-electron chi connectivity index (χ1n) is 5.96. The topological polar surface area (TPSA) is 75.6 Å². The summed E-state index contributed by atoms with van der Waals surface area (Å²) in [6.07, 6.45) is 1.19. The van der Waals surface area contributed by atoms with Crippen molar-refractivity contribution in [1.29, 1.82) is 0 Å². The zero-order chi connectivity index (χ0) is 14.0. The highest BCUT2D eigenvalue weighted by atomic mass is 35.5. The maximum absolute atomic E-state index is 11.9.